The molecule has 0 aliphatic carbocycles. The molecule has 0 rings (SSSR count). The number of carbonyl (C=O) groups excluding carboxylic acids is 1. The Hall–Kier alpha value is -0.410. The SMILES string of the molecule is CCC(C)C(=O)CCC(CC)(CC)OCCC(CC)(CC)NC. The Morgan fingerprint density at radius 1 is 1.00 bits per heavy atom. The highest BCUT2D eigenvalue weighted by Crippen LogP contribution is 2.29. The third kappa shape index (κ3) is 6.93. The van der Waals surface area contributed by atoms with Crippen LogP contribution in [-0.2, 0) is 9.53 Å². The van der Waals surface area contributed by atoms with Crippen LogP contribution in [-0.4, -0.2) is 30.6 Å². The zero-order chi connectivity index (χ0) is 17.9. The minimum absolute atomic E-state index is 0.135. The van der Waals surface area contributed by atoms with Crippen molar-refractivity contribution in [1.82, 2.24) is 5.32 Å². The molecule has 1 atom stereocenters. The van der Waals surface area contributed by atoms with Gasteiger partial charge in [-0.2, -0.15) is 0 Å². The summed E-state index contributed by atoms with van der Waals surface area (Å²) < 4.78 is 6.36. The maximum atomic E-state index is 12.2. The van der Waals surface area contributed by atoms with Crippen LogP contribution in [0.5, 0.6) is 0 Å². The van der Waals surface area contributed by atoms with E-state index in [-0.39, 0.29) is 17.1 Å². The fourth-order valence-electron chi connectivity index (χ4n) is 3.25. The Bertz CT molecular complexity index is 311. The van der Waals surface area contributed by atoms with Gasteiger partial charge in [-0.15, -0.1) is 0 Å². The number of nitrogens with one attached hydrogen (secondary N) is 1. The quantitative estimate of drug-likeness (QED) is 0.481. The zero-order valence-corrected chi connectivity index (χ0v) is 16.8. The number of ketones is 1. The lowest BCUT2D eigenvalue weighted by Crippen LogP contribution is -2.44. The van der Waals surface area contributed by atoms with Crippen LogP contribution >= 0.6 is 0 Å². The number of carbonyl (C=O) groups is 1. The van der Waals surface area contributed by atoms with Crippen molar-refractivity contribution in [3.05, 3.63) is 0 Å². The first-order chi connectivity index (χ1) is 10.9. The lowest BCUT2D eigenvalue weighted by molar-refractivity contribution is -0.125. The van der Waals surface area contributed by atoms with E-state index in [0.717, 1.165) is 51.6 Å². The van der Waals surface area contributed by atoms with Crippen molar-refractivity contribution in [1.29, 1.82) is 0 Å². The summed E-state index contributed by atoms with van der Waals surface area (Å²) in [4.78, 5) is 12.2. The summed E-state index contributed by atoms with van der Waals surface area (Å²) in [5.41, 5.74) is 0.0455. The summed E-state index contributed by atoms with van der Waals surface area (Å²) in [6.45, 7) is 13.7. The lowest BCUT2D eigenvalue weighted by Gasteiger charge is -2.36. The molecule has 23 heavy (non-hydrogen) atoms. The third-order valence-electron chi connectivity index (χ3n) is 6.15. The Morgan fingerprint density at radius 2 is 1.57 bits per heavy atom. The van der Waals surface area contributed by atoms with Crippen LogP contribution in [0.25, 0.3) is 0 Å². The molecule has 3 heteroatoms. The molecule has 0 bridgehead atoms. The molecule has 0 saturated heterocycles. The number of ether oxygens (including phenoxy) is 1. The first-order valence-corrected chi connectivity index (χ1v) is 9.73. The van der Waals surface area contributed by atoms with E-state index in [1.54, 1.807) is 0 Å². The largest absolute Gasteiger partial charge is 0.375 e. The van der Waals surface area contributed by atoms with Gasteiger partial charge in [-0.3, -0.25) is 4.79 Å². The number of Topliss-reactive ketones (excluding diaryl/α,β-unsaturated/α-hetero) is 1. The second kappa shape index (κ2) is 11.2. The second-order valence-corrected chi connectivity index (χ2v) is 7.00. The van der Waals surface area contributed by atoms with E-state index in [4.69, 9.17) is 4.74 Å². The predicted octanol–water partition coefficient (Wildman–Crippen LogP) is 5.13. The van der Waals surface area contributed by atoms with Crippen LogP contribution in [0, 0.1) is 5.92 Å². The van der Waals surface area contributed by atoms with E-state index in [1.165, 1.54) is 0 Å². The molecule has 0 radical (unpaired) electrons. The third-order valence-corrected chi connectivity index (χ3v) is 6.15. The molecule has 1 N–H and O–H groups in total. The molecule has 0 aliphatic rings. The minimum atomic E-state index is -0.135. The van der Waals surface area contributed by atoms with Crippen LogP contribution < -0.4 is 5.32 Å². The molecule has 1 unspecified atom stereocenters. The van der Waals surface area contributed by atoms with E-state index in [9.17, 15) is 4.79 Å². The van der Waals surface area contributed by atoms with E-state index < -0.39 is 0 Å². The molecular formula is C20H41NO2. The Kier molecular flexibility index (Phi) is 11.0. The highest BCUT2D eigenvalue weighted by Gasteiger charge is 2.30. The van der Waals surface area contributed by atoms with Gasteiger partial charge in [0.15, 0.2) is 0 Å². The van der Waals surface area contributed by atoms with E-state index in [2.05, 4.69) is 39.9 Å². The topological polar surface area (TPSA) is 38.3 Å². The van der Waals surface area contributed by atoms with E-state index in [1.807, 2.05) is 14.0 Å². The van der Waals surface area contributed by atoms with Gasteiger partial charge >= 0.3 is 0 Å². The van der Waals surface area contributed by atoms with Gasteiger partial charge in [-0.1, -0.05) is 41.5 Å². The average molecular weight is 328 g/mol. The van der Waals surface area contributed by atoms with Gasteiger partial charge in [0.05, 0.1) is 5.60 Å². The Balaban J connectivity index is 4.62. The maximum Gasteiger partial charge on any atom is 0.135 e. The molecule has 138 valence electrons. The summed E-state index contributed by atoms with van der Waals surface area (Å²) in [5, 5.41) is 3.48. The molecule has 0 amide bonds. The lowest BCUT2D eigenvalue weighted by atomic mass is 9.87. The molecule has 3 nitrogen and oxygen atoms in total. The van der Waals surface area contributed by atoms with Gasteiger partial charge in [0.1, 0.15) is 5.78 Å². The second-order valence-electron chi connectivity index (χ2n) is 7.00. The van der Waals surface area contributed by atoms with Gasteiger partial charge in [0, 0.05) is 24.5 Å². The standard InChI is InChI=1S/C20H41NO2/c1-8-17(6)18(22)13-14-20(11-4,12-5)23-16-15-19(9-2,10-3)21-7/h17,21H,8-16H2,1-7H3. The number of hydrogen-bond donors (Lipinski definition) is 1. The van der Waals surface area contributed by atoms with Crippen molar-refractivity contribution in [2.75, 3.05) is 13.7 Å². The number of rotatable bonds is 14. The van der Waals surface area contributed by atoms with E-state index >= 15 is 0 Å². The van der Waals surface area contributed by atoms with Crippen molar-refractivity contribution in [2.24, 2.45) is 5.92 Å². The summed E-state index contributed by atoms with van der Waals surface area (Å²) in [7, 11) is 2.05. The van der Waals surface area contributed by atoms with Gasteiger partial charge in [-0.05, 0) is 52.0 Å². The molecule has 0 fully saturated rings. The fraction of sp³-hybridized carbons (Fsp3) is 0.950. The Labute approximate surface area is 144 Å². The van der Waals surface area contributed by atoms with Crippen molar-refractivity contribution in [2.45, 2.75) is 104 Å². The van der Waals surface area contributed by atoms with Gasteiger partial charge in [0.2, 0.25) is 0 Å². The molecular weight excluding hydrogens is 286 g/mol. The summed E-state index contributed by atoms with van der Waals surface area (Å²) in [5.74, 6) is 0.563. The summed E-state index contributed by atoms with van der Waals surface area (Å²) in [6, 6.07) is 0. The highest BCUT2D eigenvalue weighted by molar-refractivity contribution is 5.80. The summed E-state index contributed by atoms with van der Waals surface area (Å²) >= 11 is 0. The highest BCUT2D eigenvalue weighted by atomic mass is 16.5. The maximum absolute atomic E-state index is 12.2. The Morgan fingerprint density at radius 3 is 1.96 bits per heavy atom. The van der Waals surface area contributed by atoms with Crippen molar-refractivity contribution in [3.63, 3.8) is 0 Å². The predicted molar refractivity (Wildman–Crippen MR) is 100.0 cm³/mol. The molecule has 0 spiro atoms. The van der Waals surface area contributed by atoms with Crippen molar-refractivity contribution in [3.8, 4) is 0 Å². The van der Waals surface area contributed by atoms with Gasteiger partial charge < -0.3 is 10.1 Å². The first-order valence-electron chi connectivity index (χ1n) is 9.73. The zero-order valence-electron chi connectivity index (χ0n) is 16.8. The van der Waals surface area contributed by atoms with Crippen molar-refractivity contribution >= 4 is 5.78 Å². The van der Waals surface area contributed by atoms with Crippen LogP contribution in [0.4, 0.5) is 0 Å². The van der Waals surface area contributed by atoms with Gasteiger partial charge in [-0.25, -0.2) is 0 Å². The van der Waals surface area contributed by atoms with Crippen LogP contribution in [0.1, 0.15) is 92.9 Å². The monoisotopic (exact) mass is 327 g/mol. The van der Waals surface area contributed by atoms with Crippen LogP contribution in [0.2, 0.25) is 0 Å². The van der Waals surface area contributed by atoms with Gasteiger partial charge in [0.25, 0.3) is 0 Å². The molecule has 0 saturated carbocycles. The van der Waals surface area contributed by atoms with Crippen LogP contribution in [0.3, 0.4) is 0 Å². The smallest absolute Gasteiger partial charge is 0.135 e. The molecule has 0 aliphatic heterocycles. The molecule has 0 aromatic heterocycles. The van der Waals surface area contributed by atoms with Crippen LogP contribution in [0.15, 0.2) is 0 Å². The minimum Gasteiger partial charge on any atom is -0.375 e. The normalized spacial score (nSPS) is 14.0. The fourth-order valence-corrected chi connectivity index (χ4v) is 3.25. The summed E-state index contributed by atoms with van der Waals surface area (Å²) in [6.07, 6.45) is 7.63. The number of hydrogen-bond acceptors (Lipinski definition) is 3. The van der Waals surface area contributed by atoms with E-state index in [0.29, 0.717) is 12.2 Å². The first kappa shape index (κ1) is 22.6. The molecule has 0 aromatic carbocycles. The molecule has 0 aromatic rings. The van der Waals surface area contributed by atoms with Crippen molar-refractivity contribution < 1.29 is 9.53 Å². The average Bonchev–Trinajstić information content (AvgIpc) is 2.61. The molecule has 0 heterocycles.